The van der Waals surface area contributed by atoms with E-state index in [1.807, 2.05) is 13.0 Å². The molecule has 0 radical (unpaired) electrons. The number of amides is 1. The lowest BCUT2D eigenvalue weighted by Crippen LogP contribution is -2.17. The van der Waals surface area contributed by atoms with E-state index in [2.05, 4.69) is 10.5 Å². The van der Waals surface area contributed by atoms with Gasteiger partial charge in [-0.05, 0) is 42.8 Å². The van der Waals surface area contributed by atoms with Crippen LogP contribution in [0.2, 0.25) is 0 Å². The topological polar surface area (TPSA) is 81.9 Å². The minimum absolute atomic E-state index is 0.203. The molecule has 0 aliphatic rings. The third-order valence-corrected chi connectivity index (χ3v) is 2.66. The van der Waals surface area contributed by atoms with E-state index >= 15 is 0 Å². The molecule has 0 heterocycles. The van der Waals surface area contributed by atoms with Crippen LogP contribution < -0.4 is 5.43 Å². The summed E-state index contributed by atoms with van der Waals surface area (Å²) in [6, 6.07) is 11.4. The first kappa shape index (κ1) is 13.6. The minimum Gasteiger partial charge on any atom is -0.504 e. The van der Waals surface area contributed by atoms with Crippen molar-refractivity contribution >= 4 is 12.1 Å². The van der Waals surface area contributed by atoms with Gasteiger partial charge in [0.2, 0.25) is 0 Å². The molecule has 2 rings (SSSR count). The fourth-order valence-electron chi connectivity index (χ4n) is 1.64. The average molecular weight is 270 g/mol. The molecule has 0 bridgehead atoms. The number of hydrazone groups is 1. The Hall–Kier alpha value is -2.82. The lowest BCUT2D eigenvalue weighted by molar-refractivity contribution is 0.0955. The number of aryl methyl sites for hydroxylation is 1. The standard InChI is InChI=1S/C15H14N2O3/c1-10-3-2-4-12(7-10)15(20)17-16-9-11-5-6-13(18)14(19)8-11/h2-9,18-19H,1H3,(H,17,20)/b16-9+. The molecule has 1 amide bonds. The lowest BCUT2D eigenvalue weighted by atomic mass is 10.1. The van der Waals surface area contributed by atoms with E-state index in [1.165, 1.54) is 18.3 Å². The number of carbonyl (C=O) groups excluding carboxylic acids is 1. The molecule has 102 valence electrons. The normalized spacial score (nSPS) is 10.7. The summed E-state index contributed by atoms with van der Waals surface area (Å²) < 4.78 is 0. The van der Waals surface area contributed by atoms with E-state index in [4.69, 9.17) is 5.11 Å². The zero-order chi connectivity index (χ0) is 14.5. The SMILES string of the molecule is Cc1cccc(C(=O)N/N=C/c2ccc(O)c(O)c2)c1. The third-order valence-electron chi connectivity index (χ3n) is 2.66. The fourth-order valence-corrected chi connectivity index (χ4v) is 1.64. The van der Waals surface area contributed by atoms with Gasteiger partial charge in [-0.15, -0.1) is 0 Å². The summed E-state index contributed by atoms with van der Waals surface area (Å²) in [5.74, 6) is -0.752. The van der Waals surface area contributed by atoms with E-state index in [0.717, 1.165) is 5.56 Å². The van der Waals surface area contributed by atoms with Crippen LogP contribution in [0.25, 0.3) is 0 Å². The highest BCUT2D eigenvalue weighted by Gasteiger charge is 2.03. The van der Waals surface area contributed by atoms with Gasteiger partial charge in [0, 0.05) is 5.56 Å². The van der Waals surface area contributed by atoms with E-state index in [-0.39, 0.29) is 17.4 Å². The maximum atomic E-state index is 11.8. The van der Waals surface area contributed by atoms with Gasteiger partial charge in [0.1, 0.15) is 0 Å². The quantitative estimate of drug-likeness (QED) is 0.454. The molecule has 0 unspecified atom stereocenters. The summed E-state index contributed by atoms with van der Waals surface area (Å²) in [5, 5.41) is 22.3. The molecule has 20 heavy (non-hydrogen) atoms. The van der Waals surface area contributed by atoms with Crippen LogP contribution in [0.1, 0.15) is 21.5 Å². The van der Waals surface area contributed by atoms with Crippen LogP contribution in [0.3, 0.4) is 0 Å². The first-order valence-electron chi connectivity index (χ1n) is 5.98. The Bertz CT molecular complexity index is 666. The van der Waals surface area contributed by atoms with Gasteiger partial charge in [-0.2, -0.15) is 5.10 Å². The van der Waals surface area contributed by atoms with Crippen molar-refractivity contribution in [3.63, 3.8) is 0 Å². The first-order chi connectivity index (χ1) is 9.56. The van der Waals surface area contributed by atoms with E-state index < -0.39 is 0 Å². The molecular formula is C15H14N2O3. The maximum absolute atomic E-state index is 11.8. The summed E-state index contributed by atoms with van der Waals surface area (Å²) in [6.45, 7) is 1.90. The molecule has 0 atom stereocenters. The van der Waals surface area contributed by atoms with Gasteiger partial charge in [0.25, 0.3) is 5.91 Å². The van der Waals surface area contributed by atoms with Crippen LogP contribution in [-0.4, -0.2) is 22.3 Å². The Morgan fingerprint density at radius 2 is 1.95 bits per heavy atom. The van der Waals surface area contributed by atoms with Crippen molar-refractivity contribution in [2.24, 2.45) is 5.10 Å². The second-order valence-corrected chi connectivity index (χ2v) is 4.32. The Morgan fingerprint density at radius 3 is 2.65 bits per heavy atom. The molecule has 2 aromatic rings. The third kappa shape index (κ3) is 3.35. The van der Waals surface area contributed by atoms with Crippen LogP contribution in [0.5, 0.6) is 11.5 Å². The zero-order valence-electron chi connectivity index (χ0n) is 10.9. The largest absolute Gasteiger partial charge is 0.504 e. The van der Waals surface area contributed by atoms with Crippen LogP contribution >= 0.6 is 0 Å². The molecule has 2 aromatic carbocycles. The predicted molar refractivity (Wildman–Crippen MR) is 76.0 cm³/mol. The Labute approximate surface area is 116 Å². The highest BCUT2D eigenvalue weighted by atomic mass is 16.3. The first-order valence-corrected chi connectivity index (χ1v) is 5.98. The van der Waals surface area contributed by atoms with Crippen LogP contribution in [0.4, 0.5) is 0 Å². The number of nitrogens with zero attached hydrogens (tertiary/aromatic N) is 1. The van der Waals surface area contributed by atoms with Gasteiger partial charge in [0.15, 0.2) is 11.5 Å². The van der Waals surface area contributed by atoms with Gasteiger partial charge in [0.05, 0.1) is 6.21 Å². The summed E-state index contributed by atoms with van der Waals surface area (Å²) in [7, 11) is 0. The highest BCUT2D eigenvalue weighted by molar-refractivity contribution is 5.95. The average Bonchev–Trinajstić information content (AvgIpc) is 2.42. The molecule has 0 aliphatic carbocycles. The molecule has 0 saturated heterocycles. The van der Waals surface area contributed by atoms with Crippen molar-refractivity contribution in [1.29, 1.82) is 0 Å². The summed E-state index contributed by atoms with van der Waals surface area (Å²) >= 11 is 0. The summed E-state index contributed by atoms with van der Waals surface area (Å²) in [5.41, 5.74) is 4.47. The van der Waals surface area contributed by atoms with E-state index in [1.54, 1.807) is 24.3 Å². The van der Waals surface area contributed by atoms with Gasteiger partial charge in [-0.1, -0.05) is 17.7 Å². The van der Waals surface area contributed by atoms with Crippen molar-refractivity contribution in [1.82, 2.24) is 5.43 Å². The zero-order valence-corrected chi connectivity index (χ0v) is 10.9. The number of phenolic OH excluding ortho intramolecular Hbond substituents is 2. The number of aromatic hydroxyl groups is 2. The Balaban J connectivity index is 2.02. The number of nitrogens with one attached hydrogen (secondary N) is 1. The molecule has 0 aliphatic heterocycles. The van der Waals surface area contributed by atoms with Crippen molar-refractivity contribution in [2.75, 3.05) is 0 Å². The monoisotopic (exact) mass is 270 g/mol. The second-order valence-electron chi connectivity index (χ2n) is 4.32. The van der Waals surface area contributed by atoms with Gasteiger partial charge in [-0.25, -0.2) is 5.43 Å². The van der Waals surface area contributed by atoms with Crippen molar-refractivity contribution in [3.05, 3.63) is 59.2 Å². The van der Waals surface area contributed by atoms with Gasteiger partial charge < -0.3 is 10.2 Å². The van der Waals surface area contributed by atoms with Crippen molar-refractivity contribution in [2.45, 2.75) is 6.92 Å². The molecular weight excluding hydrogens is 256 g/mol. The van der Waals surface area contributed by atoms with E-state index in [0.29, 0.717) is 11.1 Å². The molecule has 0 aromatic heterocycles. The van der Waals surface area contributed by atoms with Crippen molar-refractivity contribution in [3.8, 4) is 11.5 Å². The second kappa shape index (κ2) is 5.88. The van der Waals surface area contributed by atoms with Crippen molar-refractivity contribution < 1.29 is 15.0 Å². The number of carbonyl (C=O) groups is 1. The Morgan fingerprint density at radius 1 is 1.15 bits per heavy atom. The number of hydrogen-bond donors (Lipinski definition) is 3. The molecule has 0 fully saturated rings. The molecule has 5 nitrogen and oxygen atoms in total. The molecule has 3 N–H and O–H groups in total. The smallest absolute Gasteiger partial charge is 0.271 e. The maximum Gasteiger partial charge on any atom is 0.271 e. The number of rotatable bonds is 3. The lowest BCUT2D eigenvalue weighted by Gasteiger charge is -2.01. The van der Waals surface area contributed by atoms with Crippen LogP contribution in [0, 0.1) is 6.92 Å². The number of phenols is 2. The van der Waals surface area contributed by atoms with E-state index in [9.17, 15) is 9.90 Å². The fraction of sp³-hybridized carbons (Fsp3) is 0.0667. The number of hydrogen-bond acceptors (Lipinski definition) is 4. The van der Waals surface area contributed by atoms with Crippen LogP contribution in [-0.2, 0) is 0 Å². The summed E-state index contributed by atoms with van der Waals surface area (Å²) in [6.07, 6.45) is 1.38. The Kier molecular flexibility index (Phi) is 4.00. The highest BCUT2D eigenvalue weighted by Crippen LogP contribution is 2.23. The molecule has 0 spiro atoms. The molecule has 0 saturated carbocycles. The summed E-state index contributed by atoms with van der Waals surface area (Å²) in [4.78, 5) is 11.8. The number of benzene rings is 2. The van der Waals surface area contributed by atoms with Crippen LogP contribution in [0.15, 0.2) is 47.6 Å². The predicted octanol–water partition coefficient (Wildman–Crippen LogP) is 2.17. The minimum atomic E-state index is -0.312. The molecule has 5 heteroatoms. The van der Waals surface area contributed by atoms with Gasteiger partial charge >= 0.3 is 0 Å². The van der Waals surface area contributed by atoms with Gasteiger partial charge in [-0.3, -0.25) is 4.79 Å².